The molecule has 0 aromatic heterocycles. The van der Waals surface area contributed by atoms with Gasteiger partial charge in [0.25, 0.3) is 0 Å². The van der Waals surface area contributed by atoms with Crippen LogP contribution in [0, 0.1) is 3.57 Å². The molecule has 1 nitrogen and oxygen atoms in total. The predicted molar refractivity (Wildman–Crippen MR) is 60.8 cm³/mol. The Hall–Kier alpha value is -0.380. The number of carbonyl (C=O) groups excluding carboxylic acids is 1. The Kier molecular flexibility index (Phi) is 2.18. The van der Waals surface area contributed by atoms with Gasteiger partial charge in [-0.05, 0) is 60.1 Å². The number of halogens is 1. The van der Waals surface area contributed by atoms with Crippen LogP contribution in [-0.4, -0.2) is 5.78 Å². The minimum absolute atomic E-state index is 0.107. The lowest BCUT2D eigenvalue weighted by molar-refractivity contribution is -0.119. The van der Waals surface area contributed by atoms with Gasteiger partial charge in [0.2, 0.25) is 0 Å². The zero-order chi connectivity index (χ0) is 9.47. The van der Waals surface area contributed by atoms with Crippen molar-refractivity contribution in [3.63, 3.8) is 0 Å². The number of hydrogen-bond donors (Lipinski definition) is 0. The van der Waals surface area contributed by atoms with Crippen LogP contribution in [0.2, 0.25) is 0 Å². The summed E-state index contributed by atoms with van der Waals surface area (Å²) in [5.41, 5.74) is 1.09. The minimum atomic E-state index is -0.107. The summed E-state index contributed by atoms with van der Waals surface area (Å²) < 4.78 is 1.22. The average Bonchev–Trinajstić information content (AvgIpc) is 2.86. The second-order valence-corrected chi connectivity index (χ2v) is 4.89. The van der Waals surface area contributed by atoms with E-state index in [4.69, 9.17) is 0 Å². The van der Waals surface area contributed by atoms with E-state index >= 15 is 0 Å². The Morgan fingerprint density at radius 3 is 2.23 bits per heavy atom. The highest BCUT2D eigenvalue weighted by molar-refractivity contribution is 14.1. The van der Waals surface area contributed by atoms with Gasteiger partial charge in [-0.1, -0.05) is 12.1 Å². The van der Waals surface area contributed by atoms with E-state index in [-0.39, 0.29) is 5.41 Å². The summed E-state index contributed by atoms with van der Waals surface area (Å²) in [6.45, 7) is 1.70. The molecule has 1 aliphatic rings. The van der Waals surface area contributed by atoms with Crippen molar-refractivity contribution in [1.82, 2.24) is 0 Å². The third kappa shape index (κ3) is 1.52. The van der Waals surface area contributed by atoms with Crippen LogP contribution in [0.25, 0.3) is 0 Å². The first-order valence-corrected chi connectivity index (χ1v) is 5.50. The Bertz CT molecular complexity index is 336. The molecule has 1 fully saturated rings. The van der Waals surface area contributed by atoms with E-state index in [1.807, 2.05) is 0 Å². The second-order valence-electron chi connectivity index (χ2n) is 3.65. The summed E-state index contributed by atoms with van der Waals surface area (Å²) in [7, 11) is 0. The highest BCUT2D eigenvalue weighted by Crippen LogP contribution is 2.48. The molecule has 2 heteroatoms. The molecular formula is C11H11IO. The third-order valence-electron chi connectivity index (χ3n) is 2.82. The van der Waals surface area contributed by atoms with Crippen molar-refractivity contribution in [3.05, 3.63) is 33.4 Å². The lowest BCUT2D eigenvalue weighted by Gasteiger charge is -2.11. The van der Waals surface area contributed by atoms with Crippen LogP contribution in [0.15, 0.2) is 24.3 Å². The van der Waals surface area contributed by atoms with Crippen LogP contribution in [0.1, 0.15) is 25.3 Å². The highest BCUT2D eigenvalue weighted by Gasteiger charge is 2.48. The highest BCUT2D eigenvalue weighted by atomic mass is 127. The van der Waals surface area contributed by atoms with Crippen LogP contribution < -0.4 is 0 Å². The molecule has 2 rings (SSSR count). The largest absolute Gasteiger partial charge is 0.299 e. The zero-order valence-corrected chi connectivity index (χ0v) is 9.67. The van der Waals surface area contributed by atoms with Gasteiger partial charge in [0.1, 0.15) is 5.78 Å². The molecule has 0 radical (unpaired) electrons. The van der Waals surface area contributed by atoms with Crippen LogP contribution in [0.5, 0.6) is 0 Å². The van der Waals surface area contributed by atoms with Crippen molar-refractivity contribution in [1.29, 1.82) is 0 Å². The third-order valence-corrected chi connectivity index (χ3v) is 3.54. The van der Waals surface area contributed by atoms with E-state index in [0.29, 0.717) is 5.78 Å². The summed E-state index contributed by atoms with van der Waals surface area (Å²) in [6.07, 6.45) is 2.06. The Morgan fingerprint density at radius 2 is 1.85 bits per heavy atom. The summed E-state index contributed by atoms with van der Waals surface area (Å²) in [6, 6.07) is 8.30. The van der Waals surface area contributed by atoms with Crippen molar-refractivity contribution < 1.29 is 4.79 Å². The monoisotopic (exact) mass is 286 g/mol. The fraction of sp³-hybridized carbons (Fsp3) is 0.364. The topological polar surface area (TPSA) is 17.1 Å². The van der Waals surface area contributed by atoms with E-state index in [1.54, 1.807) is 6.92 Å². The van der Waals surface area contributed by atoms with Gasteiger partial charge in [-0.25, -0.2) is 0 Å². The molecular weight excluding hydrogens is 275 g/mol. The van der Waals surface area contributed by atoms with E-state index < -0.39 is 0 Å². The molecule has 0 heterocycles. The summed E-state index contributed by atoms with van der Waals surface area (Å²) in [5, 5.41) is 0. The van der Waals surface area contributed by atoms with Gasteiger partial charge in [-0.3, -0.25) is 4.79 Å². The van der Waals surface area contributed by atoms with Gasteiger partial charge in [-0.15, -0.1) is 0 Å². The molecule has 1 saturated carbocycles. The summed E-state index contributed by atoms with van der Waals surface area (Å²) >= 11 is 2.28. The number of Topliss-reactive ketones (excluding diaryl/α,β-unsaturated/α-hetero) is 1. The molecule has 1 aromatic carbocycles. The summed E-state index contributed by atoms with van der Waals surface area (Å²) in [4.78, 5) is 11.4. The Labute approximate surface area is 91.7 Å². The minimum Gasteiger partial charge on any atom is -0.299 e. The molecule has 13 heavy (non-hydrogen) atoms. The first-order chi connectivity index (χ1) is 6.15. The van der Waals surface area contributed by atoms with Crippen LogP contribution in [-0.2, 0) is 10.2 Å². The average molecular weight is 286 g/mol. The number of benzene rings is 1. The van der Waals surface area contributed by atoms with E-state index in [9.17, 15) is 4.79 Å². The molecule has 0 aliphatic heterocycles. The normalized spacial score (nSPS) is 18.3. The summed E-state index contributed by atoms with van der Waals surface area (Å²) in [5.74, 6) is 0.314. The number of carbonyl (C=O) groups is 1. The van der Waals surface area contributed by atoms with Gasteiger partial charge in [-0.2, -0.15) is 0 Å². The number of rotatable bonds is 2. The first-order valence-electron chi connectivity index (χ1n) is 4.42. The molecule has 0 saturated heterocycles. The quantitative estimate of drug-likeness (QED) is 0.764. The SMILES string of the molecule is CC(=O)C1(c2ccc(I)cc2)CC1. The fourth-order valence-corrected chi connectivity index (χ4v) is 2.10. The van der Waals surface area contributed by atoms with Gasteiger partial charge < -0.3 is 0 Å². The fourth-order valence-electron chi connectivity index (χ4n) is 1.74. The molecule has 0 unspecified atom stereocenters. The van der Waals surface area contributed by atoms with Gasteiger partial charge >= 0.3 is 0 Å². The molecule has 1 aliphatic carbocycles. The Morgan fingerprint density at radius 1 is 1.31 bits per heavy atom. The van der Waals surface area contributed by atoms with E-state index in [0.717, 1.165) is 12.8 Å². The lowest BCUT2D eigenvalue weighted by atomic mass is 9.92. The molecule has 0 bridgehead atoms. The maximum Gasteiger partial charge on any atom is 0.140 e. The lowest BCUT2D eigenvalue weighted by Crippen LogP contribution is -2.16. The van der Waals surface area contributed by atoms with Crippen molar-refractivity contribution in [3.8, 4) is 0 Å². The standard InChI is InChI=1S/C11H11IO/c1-8(13)11(6-7-11)9-2-4-10(12)5-3-9/h2-5H,6-7H2,1H3. The van der Waals surface area contributed by atoms with Crippen molar-refractivity contribution >= 4 is 28.4 Å². The molecule has 1 aromatic rings. The maximum absolute atomic E-state index is 11.4. The van der Waals surface area contributed by atoms with Crippen molar-refractivity contribution in [2.45, 2.75) is 25.2 Å². The van der Waals surface area contributed by atoms with Gasteiger partial charge in [0, 0.05) is 3.57 Å². The predicted octanol–water partition coefficient (Wildman–Crippen LogP) is 2.91. The first kappa shape index (κ1) is 9.19. The van der Waals surface area contributed by atoms with Gasteiger partial charge in [0.15, 0.2) is 0 Å². The zero-order valence-electron chi connectivity index (χ0n) is 7.51. The van der Waals surface area contributed by atoms with E-state index in [1.165, 1.54) is 9.13 Å². The maximum atomic E-state index is 11.4. The number of ketones is 1. The molecule has 0 atom stereocenters. The molecule has 68 valence electrons. The second kappa shape index (κ2) is 3.08. The van der Waals surface area contributed by atoms with Crippen molar-refractivity contribution in [2.24, 2.45) is 0 Å². The Balaban J connectivity index is 2.36. The molecule has 0 spiro atoms. The van der Waals surface area contributed by atoms with Crippen LogP contribution >= 0.6 is 22.6 Å². The van der Waals surface area contributed by atoms with E-state index in [2.05, 4.69) is 46.9 Å². The number of hydrogen-bond acceptors (Lipinski definition) is 1. The van der Waals surface area contributed by atoms with Gasteiger partial charge in [0.05, 0.1) is 5.41 Å². The van der Waals surface area contributed by atoms with Crippen molar-refractivity contribution in [2.75, 3.05) is 0 Å². The smallest absolute Gasteiger partial charge is 0.140 e. The molecule has 0 amide bonds. The van der Waals surface area contributed by atoms with Crippen LogP contribution in [0.4, 0.5) is 0 Å². The van der Waals surface area contributed by atoms with Crippen LogP contribution in [0.3, 0.4) is 0 Å². The molecule has 0 N–H and O–H groups in total.